The summed E-state index contributed by atoms with van der Waals surface area (Å²) in [6, 6.07) is 18.4. The normalized spacial score (nSPS) is 11.2. The van der Waals surface area contributed by atoms with Crippen LogP contribution >= 0.6 is 23.1 Å². The van der Waals surface area contributed by atoms with E-state index in [9.17, 15) is 4.79 Å². The van der Waals surface area contributed by atoms with Crippen molar-refractivity contribution in [1.82, 2.24) is 0 Å². The fourth-order valence-corrected chi connectivity index (χ4v) is 4.30. The maximum Gasteiger partial charge on any atom is 0.252 e. The maximum absolute atomic E-state index is 12.0. The molecule has 0 aliphatic rings. The standard InChI is InChI=1S/C21H20N2OS2/c1-14-18(12-15-6-4-3-5-7-15)26-21(19(14)20(22)24)23-13-16-8-10-17(25-2)11-9-16/h3-11,13H,12H2,1-2H3,(H2,22,24). The van der Waals surface area contributed by atoms with E-state index in [1.807, 2.05) is 43.5 Å². The minimum atomic E-state index is -0.428. The second-order valence-corrected chi connectivity index (χ2v) is 7.85. The molecular formula is C21H20N2OS2. The van der Waals surface area contributed by atoms with Crippen LogP contribution in [0.4, 0.5) is 5.00 Å². The summed E-state index contributed by atoms with van der Waals surface area (Å²) in [5.74, 6) is -0.428. The van der Waals surface area contributed by atoms with E-state index in [2.05, 4.69) is 29.3 Å². The van der Waals surface area contributed by atoms with Gasteiger partial charge in [-0.2, -0.15) is 0 Å². The minimum Gasteiger partial charge on any atom is -0.365 e. The van der Waals surface area contributed by atoms with Crippen molar-refractivity contribution in [2.45, 2.75) is 18.2 Å². The number of benzene rings is 2. The van der Waals surface area contributed by atoms with Crippen LogP contribution in [0.25, 0.3) is 0 Å². The van der Waals surface area contributed by atoms with Gasteiger partial charge >= 0.3 is 0 Å². The second kappa shape index (κ2) is 8.34. The number of hydrogen-bond donors (Lipinski definition) is 1. The van der Waals surface area contributed by atoms with Crippen molar-refractivity contribution in [1.29, 1.82) is 0 Å². The van der Waals surface area contributed by atoms with Gasteiger partial charge in [0.15, 0.2) is 0 Å². The van der Waals surface area contributed by atoms with Gasteiger partial charge in [0.25, 0.3) is 5.91 Å². The molecule has 0 unspecified atom stereocenters. The van der Waals surface area contributed by atoms with Gasteiger partial charge in [-0.15, -0.1) is 23.1 Å². The first kappa shape index (κ1) is 18.4. The van der Waals surface area contributed by atoms with Crippen LogP contribution in [-0.2, 0) is 6.42 Å². The quantitative estimate of drug-likeness (QED) is 0.471. The molecule has 3 rings (SSSR count). The van der Waals surface area contributed by atoms with Crippen molar-refractivity contribution >= 4 is 40.2 Å². The molecule has 1 heterocycles. The molecule has 0 atom stereocenters. The number of carbonyl (C=O) groups excluding carboxylic acids is 1. The van der Waals surface area contributed by atoms with Crippen molar-refractivity contribution in [2.24, 2.45) is 10.7 Å². The molecule has 0 bridgehead atoms. The highest BCUT2D eigenvalue weighted by molar-refractivity contribution is 7.98. The minimum absolute atomic E-state index is 0.428. The number of amides is 1. The number of nitrogens with two attached hydrogens (primary N) is 1. The molecular weight excluding hydrogens is 360 g/mol. The van der Waals surface area contributed by atoms with E-state index in [4.69, 9.17) is 5.73 Å². The Morgan fingerprint density at radius 2 is 1.85 bits per heavy atom. The van der Waals surface area contributed by atoms with Crippen molar-refractivity contribution < 1.29 is 4.79 Å². The summed E-state index contributed by atoms with van der Waals surface area (Å²) in [6.45, 7) is 1.95. The molecule has 0 fully saturated rings. The largest absolute Gasteiger partial charge is 0.365 e. The van der Waals surface area contributed by atoms with Gasteiger partial charge in [-0.25, -0.2) is 4.99 Å². The summed E-state index contributed by atoms with van der Waals surface area (Å²) >= 11 is 3.23. The molecule has 0 aliphatic heterocycles. The Bertz CT molecular complexity index is 929. The lowest BCUT2D eigenvalue weighted by Crippen LogP contribution is -2.11. The van der Waals surface area contributed by atoms with Crippen molar-refractivity contribution in [3.05, 3.63) is 81.7 Å². The lowest BCUT2D eigenvalue weighted by molar-refractivity contribution is 0.100. The zero-order chi connectivity index (χ0) is 18.5. The Balaban J connectivity index is 1.91. The Morgan fingerprint density at radius 3 is 2.46 bits per heavy atom. The third-order valence-corrected chi connectivity index (χ3v) is 6.07. The molecule has 3 aromatic rings. The van der Waals surface area contributed by atoms with Gasteiger partial charge in [0.05, 0.1) is 5.56 Å². The van der Waals surface area contributed by atoms with Gasteiger partial charge in [-0.05, 0) is 42.0 Å². The van der Waals surface area contributed by atoms with Crippen LogP contribution in [0.5, 0.6) is 0 Å². The second-order valence-electron chi connectivity index (χ2n) is 5.89. The molecule has 1 amide bonds. The van der Waals surface area contributed by atoms with Crippen LogP contribution in [0.2, 0.25) is 0 Å². The molecule has 132 valence electrons. The number of aliphatic imine (C=N–C) groups is 1. The smallest absolute Gasteiger partial charge is 0.252 e. The van der Waals surface area contributed by atoms with Gasteiger partial charge in [0, 0.05) is 22.4 Å². The molecule has 0 saturated heterocycles. The maximum atomic E-state index is 12.0. The first-order valence-electron chi connectivity index (χ1n) is 8.22. The van der Waals surface area contributed by atoms with Crippen molar-refractivity contribution in [3.8, 4) is 0 Å². The molecule has 0 saturated carbocycles. The van der Waals surface area contributed by atoms with E-state index < -0.39 is 5.91 Å². The highest BCUT2D eigenvalue weighted by atomic mass is 32.2. The number of rotatable bonds is 6. The predicted octanol–water partition coefficient (Wildman–Crippen LogP) is 5.22. The zero-order valence-electron chi connectivity index (χ0n) is 14.7. The molecule has 26 heavy (non-hydrogen) atoms. The third kappa shape index (κ3) is 4.23. The summed E-state index contributed by atoms with van der Waals surface area (Å²) in [5, 5.41) is 0.676. The van der Waals surface area contributed by atoms with Gasteiger partial charge in [-0.1, -0.05) is 42.5 Å². The number of thiophene rings is 1. The number of nitrogens with zero attached hydrogens (tertiary/aromatic N) is 1. The van der Waals surface area contributed by atoms with Crippen molar-refractivity contribution in [2.75, 3.05) is 6.26 Å². The van der Waals surface area contributed by atoms with E-state index in [1.165, 1.54) is 21.8 Å². The van der Waals surface area contributed by atoms with Crippen LogP contribution in [0.3, 0.4) is 0 Å². The highest BCUT2D eigenvalue weighted by Crippen LogP contribution is 2.36. The average Bonchev–Trinajstić information content (AvgIpc) is 2.97. The SMILES string of the molecule is CSc1ccc(C=Nc2sc(Cc3ccccc3)c(C)c2C(N)=O)cc1. The number of hydrogen-bond acceptors (Lipinski definition) is 4. The lowest BCUT2D eigenvalue weighted by atomic mass is 10.1. The van der Waals surface area contributed by atoms with E-state index in [1.54, 1.807) is 18.0 Å². The predicted molar refractivity (Wildman–Crippen MR) is 112 cm³/mol. The topological polar surface area (TPSA) is 55.4 Å². The molecule has 0 radical (unpaired) electrons. The van der Waals surface area contributed by atoms with Gasteiger partial charge in [0.1, 0.15) is 5.00 Å². The van der Waals surface area contributed by atoms with Crippen LogP contribution in [0.1, 0.15) is 31.9 Å². The fourth-order valence-electron chi connectivity index (χ4n) is 2.70. The lowest BCUT2D eigenvalue weighted by Gasteiger charge is -2.00. The number of primary amides is 1. The summed E-state index contributed by atoms with van der Waals surface area (Å²) in [7, 11) is 0. The van der Waals surface area contributed by atoms with E-state index >= 15 is 0 Å². The molecule has 1 aromatic heterocycles. The monoisotopic (exact) mass is 380 g/mol. The molecule has 0 aliphatic carbocycles. The van der Waals surface area contributed by atoms with Crippen LogP contribution in [0.15, 0.2) is 64.5 Å². The third-order valence-electron chi connectivity index (χ3n) is 4.13. The summed E-state index contributed by atoms with van der Waals surface area (Å²) < 4.78 is 0. The van der Waals surface area contributed by atoms with Gasteiger partial charge < -0.3 is 5.73 Å². The first-order valence-corrected chi connectivity index (χ1v) is 10.3. The Hall–Kier alpha value is -2.37. The van der Waals surface area contributed by atoms with Gasteiger partial charge in [-0.3, -0.25) is 4.79 Å². The van der Waals surface area contributed by atoms with Crippen LogP contribution in [-0.4, -0.2) is 18.4 Å². The summed E-state index contributed by atoms with van der Waals surface area (Å²) in [5.41, 5.74) is 9.27. The van der Waals surface area contributed by atoms with Crippen LogP contribution in [0, 0.1) is 6.92 Å². The van der Waals surface area contributed by atoms with Gasteiger partial charge in [0.2, 0.25) is 0 Å². The first-order chi connectivity index (χ1) is 12.6. The van der Waals surface area contributed by atoms with Crippen LogP contribution < -0.4 is 5.73 Å². The zero-order valence-corrected chi connectivity index (χ0v) is 16.4. The summed E-state index contributed by atoms with van der Waals surface area (Å²) in [4.78, 5) is 18.8. The molecule has 2 aromatic carbocycles. The van der Waals surface area contributed by atoms with E-state index in [0.29, 0.717) is 10.6 Å². The Morgan fingerprint density at radius 1 is 1.15 bits per heavy atom. The molecule has 0 spiro atoms. The summed E-state index contributed by atoms with van der Waals surface area (Å²) in [6.07, 6.45) is 4.61. The molecule has 2 N–H and O–H groups in total. The fraction of sp³-hybridized carbons (Fsp3) is 0.143. The number of carbonyl (C=O) groups is 1. The Labute approximate surface area is 162 Å². The molecule has 3 nitrogen and oxygen atoms in total. The Kier molecular flexibility index (Phi) is 5.91. The van der Waals surface area contributed by atoms with E-state index in [0.717, 1.165) is 22.4 Å². The average molecular weight is 381 g/mol. The molecule has 5 heteroatoms. The highest BCUT2D eigenvalue weighted by Gasteiger charge is 2.18. The number of thioether (sulfide) groups is 1. The van der Waals surface area contributed by atoms with E-state index in [-0.39, 0.29) is 0 Å². The van der Waals surface area contributed by atoms with Crippen molar-refractivity contribution in [3.63, 3.8) is 0 Å².